The van der Waals surface area contributed by atoms with Gasteiger partial charge in [0, 0.05) is 8.04 Å². The van der Waals surface area contributed by atoms with E-state index < -0.39 is 0 Å². The zero-order chi connectivity index (χ0) is 13.3. The van der Waals surface area contributed by atoms with Gasteiger partial charge in [-0.3, -0.25) is 0 Å². The van der Waals surface area contributed by atoms with E-state index in [9.17, 15) is 5.11 Å². The summed E-state index contributed by atoms with van der Waals surface area (Å²) in [6.07, 6.45) is 3.25. The van der Waals surface area contributed by atoms with Crippen LogP contribution in [0.3, 0.4) is 0 Å². The summed E-state index contributed by atoms with van der Waals surface area (Å²) in [6, 6.07) is 6.20. The third kappa shape index (κ3) is 3.48. The molecule has 1 aliphatic carbocycles. The molecule has 0 heterocycles. The number of aliphatic hydroxyl groups is 1. The van der Waals surface area contributed by atoms with E-state index in [0.29, 0.717) is 5.92 Å². The Morgan fingerprint density at radius 3 is 2.44 bits per heavy atom. The van der Waals surface area contributed by atoms with Crippen LogP contribution < -0.4 is 0 Å². The fraction of sp³-hybridized carbons (Fsp3) is 0.600. The fourth-order valence-corrected chi connectivity index (χ4v) is 4.26. The number of hydrogen-bond donors (Lipinski definition) is 1. The van der Waals surface area contributed by atoms with Crippen LogP contribution in [0.1, 0.15) is 44.8 Å². The number of rotatable bonds is 2. The van der Waals surface area contributed by atoms with Gasteiger partial charge >= 0.3 is 0 Å². The van der Waals surface area contributed by atoms with Crippen molar-refractivity contribution in [1.29, 1.82) is 0 Å². The van der Waals surface area contributed by atoms with Crippen molar-refractivity contribution in [2.75, 3.05) is 0 Å². The van der Waals surface area contributed by atoms with Crippen molar-refractivity contribution in [3.63, 3.8) is 0 Å². The van der Waals surface area contributed by atoms with E-state index in [1.165, 1.54) is 9.99 Å². The van der Waals surface area contributed by atoms with E-state index in [0.717, 1.165) is 34.7 Å². The van der Waals surface area contributed by atoms with Crippen molar-refractivity contribution >= 4 is 38.5 Å². The molecule has 0 radical (unpaired) electrons. The minimum atomic E-state index is -0.334. The zero-order valence-electron chi connectivity index (χ0n) is 10.9. The average molecular weight is 423 g/mol. The van der Waals surface area contributed by atoms with Crippen molar-refractivity contribution in [2.24, 2.45) is 17.8 Å². The van der Waals surface area contributed by atoms with Crippen molar-refractivity contribution < 1.29 is 5.11 Å². The fourth-order valence-electron chi connectivity index (χ4n) is 3.26. The van der Waals surface area contributed by atoms with Crippen LogP contribution in [-0.4, -0.2) is 5.11 Å². The Morgan fingerprint density at radius 1 is 1.22 bits per heavy atom. The van der Waals surface area contributed by atoms with Gasteiger partial charge in [-0.2, -0.15) is 0 Å². The predicted molar refractivity (Wildman–Crippen MR) is 87.5 cm³/mol. The number of halogens is 2. The highest BCUT2D eigenvalue weighted by Crippen LogP contribution is 2.41. The summed E-state index contributed by atoms with van der Waals surface area (Å²) in [6.45, 7) is 4.61. The molecule has 1 N–H and O–H groups in total. The van der Waals surface area contributed by atoms with Gasteiger partial charge in [-0.15, -0.1) is 0 Å². The van der Waals surface area contributed by atoms with E-state index in [2.05, 4.69) is 64.5 Å². The van der Waals surface area contributed by atoms with E-state index in [1.54, 1.807) is 0 Å². The Labute approximate surface area is 132 Å². The van der Waals surface area contributed by atoms with Gasteiger partial charge in [0.05, 0.1) is 6.10 Å². The van der Waals surface area contributed by atoms with E-state index in [4.69, 9.17) is 0 Å². The molecule has 1 aromatic carbocycles. The Hall–Kier alpha value is 0.390. The molecular weight excluding hydrogens is 403 g/mol. The molecule has 3 unspecified atom stereocenters. The number of benzene rings is 1. The van der Waals surface area contributed by atoms with Gasteiger partial charge in [0.1, 0.15) is 0 Å². The second kappa shape index (κ2) is 6.23. The predicted octanol–water partition coefficient (Wildman–Crippen LogP) is 5.16. The van der Waals surface area contributed by atoms with Gasteiger partial charge in [0.15, 0.2) is 0 Å². The molecule has 0 amide bonds. The minimum absolute atomic E-state index is 0.334. The van der Waals surface area contributed by atoms with Gasteiger partial charge in [0.2, 0.25) is 0 Å². The smallest absolute Gasteiger partial charge is 0.0829 e. The monoisotopic (exact) mass is 422 g/mol. The van der Waals surface area contributed by atoms with Gasteiger partial charge in [-0.1, -0.05) is 29.8 Å². The molecule has 2 rings (SSSR count). The van der Waals surface area contributed by atoms with Crippen LogP contribution in [0.15, 0.2) is 22.7 Å². The van der Waals surface area contributed by atoms with Crippen LogP contribution in [0.25, 0.3) is 0 Å². The number of hydrogen-bond acceptors (Lipinski definition) is 1. The lowest BCUT2D eigenvalue weighted by atomic mass is 9.73. The van der Waals surface area contributed by atoms with Crippen LogP contribution in [0.2, 0.25) is 0 Å². The molecule has 1 nitrogen and oxygen atoms in total. The molecule has 1 saturated carbocycles. The summed E-state index contributed by atoms with van der Waals surface area (Å²) in [5.74, 6) is 1.86. The molecule has 1 fully saturated rings. The van der Waals surface area contributed by atoms with Gasteiger partial charge in [-0.05, 0) is 83.4 Å². The van der Waals surface area contributed by atoms with Crippen molar-refractivity contribution in [2.45, 2.75) is 39.2 Å². The normalized spacial score (nSPS) is 30.2. The summed E-state index contributed by atoms with van der Waals surface area (Å²) in [4.78, 5) is 0. The first-order valence-corrected chi connectivity index (χ1v) is 8.47. The first kappa shape index (κ1) is 14.8. The highest BCUT2D eigenvalue weighted by molar-refractivity contribution is 14.1. The van der Waals surface area contributed by atoms with Crippen molar-refractivity contribution in [1.82, 2.24) is 0 Å². The SMILES string of the molecule is CC1CC(C)CC(C(O)c2cc(I)ccc2Br)C1. The quantitative estimate of drug-likeness (QED) is 0.652. The third-order valence-corrected chi connectivity index (χ3v) is 5.33. The van der Waals surface area contributed by atoms with Crippen molar-refractivity contribution in [3.8, 4) is 0 Å². The number of aliphatic hydroxyl groups excluding tert-OH is 1. The summed E-state index contributed by atoms with van der Waals surface area (Å²) < 4.78 is 2.21. The second-order valence-corrected chi connectivity index (χ2v) is 7.89. The zero-order valence-corrected chi connectivity index (χ0v) is 14.6. The molecule has 1 aromatic rings. The van der Waals surface area contributed by atoms with Gasteiger partial charge < -0.3 is 5.11 Å². The van der Waals surface area contributed by atoms with Crippen LogP contribution in [0.5, 0.6) is 0 Å². The van der Waals surface area contributed by atoms with Crippen LogP contribution in [-0.2, 0) is 0 Å². The molecule has 100 valence electrons. The second-order valence-electron chi connectivity index (χ2n) is 5.79. The molecule has 0 spiro atoms. The molecule has 3 heteroatoms. The first-order chi connectivity index (χ1) is 8.47. The van der Waals surface area contributed by atoms with E-state index >= 15 is 0 Å². The molecule has 0 aliphatic heterocycles. The van der Waals surface area contributed by atoms with Crippen molar-refractivity contribution in [3.05, 3.63) is 31.8 Å². The van der Waals surface area contributed by atoms with E-state index in [1.807, 2.05) is 6.07 Å². The maximum absolute atomic E-state index is 10.7. The van der Waals surface area contributed by atoms with Crippen LogP contribution in [0, 0.1) is 21.3 Å². The Kier molecular flexibility index (Phi) is 5.12. The topological polar surface area (TPSA) is 20.2 Å². The van der Waals surface area contributed by atoms with Gasteiger partial charge in [0.25, 0.3) is 0 Å². The molecule has 3 atom stereocenters. The molecule has 0 bridgehead atoms. The lowest BCUT2D eigenvalue weighted by molar-refractivity contribution is 0.0546. The van der Waals surface area contributed by atoms with Crippen LogP contribution >= 0.6 is 38.5 Å². The molecule has 0 aromatic heterocycles. The molecule has 1 aliphatic rings. The Morgan fingerprint density at radius 2 is 1.83 bits per heavy atom. The summed E-state index contributed by atoms with van der Waals surface area (Å²) in [5, 5.41) is 10.7. The Balaban J connectivity index is 2.19. The average Bonchev–Trinajstić information content (AvgIpc) is 2.30. The molecule has 18 heavy (non-hydrogen) atoms. The highest BCUT2D eigenvalue weighted by atomic mass is 127. The maximum atomic E-state index is 10.7. The molecule has 0 saturated heterocycles. The lowest BCUT2D eigenvalue weighted by Gasteiger charge is -2.34. The maximum Gasteiger partial charge on any atom is 0.0829 e. The lowest BCUT2D eigenvalue weighted by Crippen LogP contribution is -2.25. The van der Waals surface area contributed by atoms with E-state index in [-0.39, 0.29) is 6.10 Å². The molecular formula is C15H20BrIO. The summed E-state index contributed by atoms with van der Waals surface area (Å²) >= 11 is 5.87. The summed E-state index contributed by atoms with van der Waals surface area (Å²) in [5.41, 5.74) is 1.05. The standard InChI is InChI=1S/C15H20BrIO/c1-9-5-10(2)7-11(6-9)15(18)13-8-12(17)3-4-14(13)16/h3-4,8-11,15,18H,5-7H2,1-2H3. The third-order valence-electron chi connectivity index (χ3n) is 3.94. The summed E-state index contributed by atoms with van der Waals surface area (Å²) in [7, 11) is 0. The van der Waals surface area contributed by atoms with Gasteiger partial charge in [-0.25, -0.2) is 0 Å². The largest absolute Gasteiger partial charge is 0.388 e. The minimum Gasteiger partial charge on any atom is -0.388 e. The van der Waals surface area contributed by atoms with Crippen LogP contribution in [0.4, 0.5) is 0 Å². The highest BCUT2D eigenvalue weighted by Gasteiger charge is 2.30. The Bertz CT molecular complexity index is 411. The first-order valence-electron chi connectivity index (χ1n) is 6.60.